The van der Waals surface area contributed by atoms with Crippen molar-refractivity contribution in [3.05, 3.63) is 96.0 Å². The molecule has 0 aliphatic carbocycles. The molecule has 200 valence electrons. The van der Waals surface area contributed by atoms with Crippen molar-refractivity contribution in [3.63, 3.8) is 0 Å². The highest BCUT2D eigenvalue weighted by Gasteiger charge is 2.35. The first-order valence-corrected chi connectivity index (χ1v) is 12.4. The number of hydrogen-bond donors (Lipinski definition) is 2. The number of benzene rings is 3. The molecule has 4 aromatic rings. The molecule has 1 aromatic heterocycles. The van der Waals surface area contributed by atoms with Crippen molar-refractivity contribution in [2.24, 2.45) is 0 Å². The first kappa shape index (κ1) is 26.1. The standard InChI is InChI=1S/C30H25F3N2O4/c31-23-8-5-20(6-9-23)26-17-22(7-11-25(26)27-12-10-24(39-27)18-34-29(37)38)19-1-3-21(4-2-19)28(36)35-15-13-30(32,33)14-16-35/h1-12,17,34H,13-16,18H2,(H,37,38). The van der Waals surface area contributed by atoms with Crippen molar-refractivity contribution in [2.45, 2.75) is 25.3 Å². The Morgan fingerprint density at radius 3 is 2.15 bits per heavy atom. The van der Waals surface area contributed by atoms with Gasteiger partial charge in [0.05, 0.1) is 6.54 Å². The van der Waals surface area contributed by atoms with E-state index in [0.717, 1.165) is 27.8 Å². The Bertz CT molecular complexity index is 1490. The third kappa shape index (κ3) is 5.98. The maximum absolute atomic E-state index is 13.7. The SMILES string of the molecule is O=C(O)NCc1ccc(-c2ccc(-c3ccc(C(=O)N4CCC(F)(F)CC4)cc3)cc2-c2ccc(F)cc2)o1. The molecule has 0 radical (unpaired) electrons. The van der Waals surface area contributed by atoms with E-state index in [9.17, 15) is 22.8 Å². The highest BCUT2D eigenvalue weighted by Crippen LogP contribution is 2.37. The van der Waals surface area contributed by atoms with Gasteiger partial charge < -0.3 is 19.7 Å². The van der Waals surface area contributed by atoms with E-state index in [2.05, 4.69) is 5.32 Å². The summed E-state index contributed by atoms with van der Waals surface area (Å²) in [6.07, 6.45) is -1.82. The van der Waals surface area contributed by atoms with Gasteiger partial charge in [0, 0.05) is 37.1 Å². The summed E-state index contributed by atoms with van der Waals surface area (Å²) in [5, 5.41) is 11.1. The third-order valence-corrected chi connectivity index (χ3v) is 6.76. The van der Waals surface area contributed by atoms with E-state index in [1.165, 1.54) is 17.0 Å². The maximum Gasteiger partial charge on any atom is 0.405 e. The number of hydrogen-bond acceptors (Lipinski definition) is 3. The monoisotopic (exact) mass is 534 g/mol. The van der Waals surface area contributed by atoms with Gasteiger partial charge in [-0.15, -0.1) is 0 Å². The number of amides is 2. The van der Waals surface area contributed by atoms with E-state index in [-0.39, 0.29) is 44.2 Å². The van der Waals surface area contributed by atoms with Gasteiger partial charge in [0.2, 0.25) is 0 Å². The highest BCUT2D eigenvalue weighted by atomic mass is 19.3. The molecule has 0 saturated carbocycles. The number of nitrogens with zero attached hydrogens (tertiary/aromatic N) is 1. The quantitative estimate of drug-likeness (QED) is 0.278. The average molecular weight is 535 g/mol. The second-order valence-corrected chi connectivity index (χ2v) is 9.42. The summed E-state index contributed by atoms with van der Waals surface area (Å²) in [6, 6.07) is 22.2. The van der Waals surface area contributed by atoms with Crippen LogP contribution in [0.2, 0.25) is 0 Å². The molecule has 2 amide bonds. The van der Waals surface area contributed by atoms with Crippen LogP contribution in [0.15, 0.2) is 83.3 Å². The lowest BCUT2D eigenvalue weighted by Gasteiger charge is -2.31. The predicted molar refractivity (Wildman–Crippen MR) is 140 cm³/mol. The van der Waals surface area contributed by atoms with Crippen LogP contribution >= 0.6 is 0 Å². The van der Waals surface area contributed by atoms with Crippen molar-refractivity contribution in [1.82, 2.24) is 10.2 Å². The Kier molecular flexibility index (Phi) is 7.15. The second kappa shape index (κ2) is 10.7. The summed E-state index contributed by atoms with van der Waals surface area (Å²) in [4.78, 5) is 25.1. The number of halogens is 3. The molecule has 1 fully saturated rings. The molecule has 0 bridgehead atoms. The fourth-order valence-electron chi connectivity index (χ4n) is 4.61. The Morgan fingerprint density at radius 2 is 1.49 bits per heavy atom. The topological polar surface area (TPSA) is 82.8 Å². The van der Waals surface area contributed by atoms with Crippen molar-refractivity contribution in [1.29, 1.82) is 0 Å². The van der Waals surface area contributed by atoms with Crippen LogP contribution in [0.1, 0.15) is 29.0 Å². The van der Waals surface area contributed by atoms with Gasteiger partial charge in [-0.05, 0) is 70.8 Å². The lowest BCUT2D eigenvalue weighted by Crippen LogP contribution is -2.42. The number of alkyl halides is 2. The molecule has 0 unspecified atom stereocenters. The summed E-state index contributed by atoms with van der Waals surface area (Å²) in [5.74, 6) is -2.39. The Labute approximate surface area is 222 Å². The van der Waals surface area contributed by atoms with Gasteiger partial charge in [0.15, 0.2) is 0 Å². The summed E-state index contributed by atoms with van der Waals surface area (Å²) >= 11 is 0. The molecule has 2 heterocycles. The van der Waals surface area contributed by atoms with Crippen molar-refractivity contribution >= 4 is 12.0 Å². The number of carbonyl (C=O) groups excluding carboxylic acids is 1. The third-order valence-electron chi connectivity index (χ3n) is 6.76. The molecular weight excluding hydrogens is 509 g/mol. The van der Waals surface area contributed by atoms with Crippen molar-refractivity contribution < 1.29 is 32.3 Å². The molecule has 1 aliphatic rings. The van der Waals surface area contributed by atoms with E-state index in [4.69, 9.17) is 9.52 Å². The summed E-state index contributed by atoms with van der Waals surface area (Å²) in [6.45, 7) is 0.0676. The van der Waals surface area contributed by atoms with Gasteiger partial charge in [-0.25, -0.2) is 18.0 Å². The molecular formula is C30H25F3N2O4. The first-order chi connectivity index (χ1) is 18.7. The highest BCUT2D eigenvalue weighted by molar-refractivity contribution is 5.95. The minimum atomic E-state index is -2.72. The average Bonchev–Trinajstić information content (AvgIpc) is 3.41. The van der Waals surface area contributed by atoms with Gasteiger partial charge in [-0.1, -0.05) is 30.3 Å². The van der Waals surface area contributed by atoms with Crippen LogP contribution in [-0.2, 0) is 6.54 Å². The molecule has 3 aromatic carbocycles. The molecule has 0 spiro atoms. The Morgan fingerprint density at radius 1 is 0.846 bits per heavy atom. The summed E-state index contributed by atoms with van der Waals surface area (Å²) in [7, 11) is 0. The largest absolute Gasteiger partial charge is 0.465 e. The molecule has 39 heavy (non-hydrogen) atoms. The molecule has 2 N–H and O–H groups in total. The molecule has 1 aliphatic heterocycles. The van der Waals surface area contributed by atoms with E-state index in [1.807, 2.05) is 18.2 Å². The van der Waals surface area contributed by atoms with Crippen molar-refractivity contribution in [2.75, 3.05) is 13.1 Å². The van der Waals surface area contributed by atoms with Gasteiger partial charge in [0.1, 0.15) is 17.3 Å². The normalized spacial score (nSPS) is 14.7. The summed E-state index contributed by atoms with van der Waals surface area (Å²) in [5.41, 5.74) is 4.36. The van der Waals surface area contributed by atoms with Gasteiger partial charge >= 0.3 is 6.09 Å². The van der Waals surface area contributed by atoms with E-state index >= 15 is 0 Å². The molecule has 9 heteroatoms. The lowest BCUT2D eigenvalue weighted by atomic mass is 9.93. The predicted octanol–water partition coefficient (Wildman–Crippen LogP) is 7.06. The zero-order chi connectivity index (χ0) is 27.6. The fourth-order valence-corrected chi connectivity index (χ4v) is 4.61. The van der Waals surface area contributed by atoms with Crippen LogP contribution in [0.25, 0.3) is 33.6 Å². The minimum Gasteiger partial charge on any atom is -0.465 e. The number of rotatable bonds is 6. The van der Waals surface area contributed by atoms with Gasteiger partial charge in [0.25, 0.3) is 11.8 Å². The van der Waals surface area contributed by atoms with Gasteiger partial charge in [-0.3, -0.25) is 4.79 Å². The number of likely N-dealkylation sites (tertiary alicyclic amines) is 1. The van der Waals surface area contributed by atoms with Crippen molar-refractivity contribution in [3.8, 4) is 33.6 Å². The Hall–Kier alpha value is -4.53. The number of nitrogens with one attached hydrogen (secondary N) is 1. The molecule has 5 rings (SSSR count). The first-order valence-electron chi connectivity index (χ1n) is 12.4. The van der Waals surface area contributed by atoms with Crippen LogP contribution in [0.4, 0.5) is 18.0 Å². The number of furan rings is 1. The van der Waals surface area contributed by atoms with Crippen LogP contribution < -0.4 is 5.32 Å². The number of carbonyl (C=O) groups is 2. The van der Waals surface area contributed by atoms with Crippen LogP contribution in [0.3, 0.4) is 0 Å². The molecule has 1 saturated heterocycles. The molecule has 6 nitrogen and oxygen atoms in total. The van der Waals surface area contributed by atoms with E-state index in [1.54, 1.807) is 48.5 Å². The smallest absolute Gasteiger partial charge is 0.405 e. The fraction of sp³-hybridized carbons (Fsp3) is 0.200. The zero-order valence-corrected chi connectivity index (χ0v) is 20.8. The summed E-state index contributed by atoms with van der Waals surface area (Å²) < 4.78 is 46.5. The molecule has 0 atom stereocenters. The zero-order valence-electron chi connectivity index (χ0n) is 20.8. The lowest BCUT2D eigenvalue weighted by molar-refractivity contribution is -0.0494. The maximum atomic E-state index is 13.7. The van der Waals surface area contributed by atoms with Crippen LogP contribution in [0, 0.1) is 5.82 Å². The van der Waals surface area contributed by atoms with Crippen LogP contribution in [-0.4, -0.2) is 41.0 Å². The Balaban J connectivity index is 1.43. The number of carboxylic acid groups (broad SMARTS) is 1. The minimum absolute atomic E-state index is 0.0181. The van der Waals surface area contributed by atoms with Crippen LogP contribution in [0.5, 0.6) is 0 Å². The second-order valence-electron chi connectivity index (χ2n) is 9.42. The number of piperidine rings is 1. The van der Waals surface area contributed by atoms with Gasteiger partial charge in [-0.2, -0.15) is 0 Å². The van der Waals surface area contributed by atoms with E-state index in [0.29, 0.717) is 17.1 Å². The van der Waals surface area contributed by atoms with E-state index < -0.39 is 12.0 Å².